The number of hydrogen-bond donors (Lipinski definition) is 0. The molecule has 5 heteroatoms. The summed E-state index contributed by atoms with van der Waals surface area (Å²) in [7, 11) is 0. The Kier molecular flexibility index (Phi) is 4.34. The van der Waals surface area contributed by atoms with E-state index in [0.29, 0.717) is 16.1 Å². The second-order valence-electron chi connectivity index (χ2n) is 3.96. The quantitative estimate of drug-likeness (QED) is 0.760. The summed E-state index contributed by atoms with van der Waals surface area (Å²) in [4.78, 5) is 6.62. The summed E-state index contributed by atoms with van der Waals surface area (Å²) < 4.78 is 0. The molecular formula is C11H13BrCl2N2. The molecule has 1 atom stereocenters. The van der Waals surface area contributed by atoms with E-state index in [0.717, 1.165) is 17.7 Å². The van der Waals surface area contributed by atoms with Gasteiger partial charge < -0.3 is 4.90 Å². The van der Waals surface area contributed by atoms with Crippen LogP contribution in [0.3, 0.4) is 0 Å². The summed E-state index contributed by atoms with van der Waals surface area (Å²) in [6.45, 7) is 1.02. The molecule has 0 aromatic carbocycles. The summed E-state index contributed by atoms with van der Waals surface area (Å²) in [5, 5.41) is 2.18. The molecule has 0 saturated carbocycles. The highest BCUT2D eigenvalue weighted by Crippen LogP contribution is 2.31. The number of hydrogen-bond acceptors (Lipinski definition) is 2. The van der Waals surface area contributed by atoms with E-state index in [-0.39, 0.29) is 0 Å². The van der Waals surface area contributed by atoms with E-state index >= 15 is 0 Å². The first-order valence-corrected chi connectivity index (χ1v) is 7.23. The smallest absolute Gasteiger partial charge is 0.147 e. The van der Waals surface area contributed by atoms with Gasteiger partial charge in [-0.25, -0.2) is 4.98 Å². The Morgan fingerprint density at radius 2 is 2.25 bits per heavy atom. The molecule has 1 aromatic heterocycles. The Morgan fingerprint density at radius 3 is 2.94 bits per heavy atom. The predicted molar refractivity (Wildman–Crippen MR) is 73.0 cm³/mol. The van der Waals surface area contributed by atoms with E-state index in [1.807, 2.05) is 0 Å². The molecule has 1 aromatic rings. The van der Waals surface area contributed by atoms with Gasteiger partial charge in [-0.1, -0.05) is 39.1 Å². The topological polar surface area (TPSA) is 16.1 Å². The van der Waals surface area contributed by atoms with Gasteiger partial charge in [0.05, 0.1) is 10.0 Å². The Morgan fingerprint density at radius 1 is 1.44 bits per heavy atom. The SMILES string of the molecule is Clc1cnc(N2CCCCC2CBr)c(Cl)c1. The normalized spacial score (nSPS) is 21.2. The van der Waals surface area contributed by atoms with Crippen LogP contribution in [0.5, 0.6) is 0 Å². The number of piperidine rings is 1. The molecule has 0 amide bonds. The van der Waals surface area contributed by atoms with E-state index in [9.17, 15) is 0 Å². The van der Waals surface area contributed by atoms with E-state index < -0.39 is 0 Å². The van der Waals surface area contributed by atoms with Crippen molar-refractivity contribution in [2.24, 2.45) is 0 Å². The van der Waals surface area contributed by atoms with E-state index in [1.54, 1.807) is 12.3 Å². The molecule has 0 radical (unpaired) electrons. The zero-order valence-corrected chi connectivity index (χ0v) is 11.9. The van der Waals surface area contributed by atoms with Crippen LogP contribution in [0.2, 0.25) is 10.0 Å². The number of alkyl halides is 1. The monoisotopic (exact) mass is 322 g/mol. The van der Waals surface area contributed by atoms with Crippen molar-refractivity contribution in [3.05, 3.63) is 22.3 Å². The zero-order chi connectivity index (χ0) is 11.5. The maximum absolute atomic E-state index is 6.18. The van der Waals surface area contributed by atoms with Gasteiger partial charge in [-0.05, 0) is 25.3 Å². The summed E-state index contributed by atoms with van der Waals surface area (Å²) in [5.41, 5.74) is 0. The number of rotatable bonds is 2. The first-order valence-electron chi connectivity index (χ1n) is 5.36. The second kappa shape index (κ2) is 5.56. The van der Waals surface area contributed by atoms with Crippen LogP contribution >= 0.6 is 39.1 Å². The molecule has 2 rings (SSSR count). The third-order valence-corrected chi connectivity index (χ3v) is 4.10. The Balaban J connectivity index is 2.27. The van der Waals surface area contributed by atoms with Crippen molar-refractivity contribution >= 4 is 44.9 Å². The summed E-state index contributed by atoms with van der Waals surface area (Å²) in [6.07, 6.45) is 5.32. The highest BCUT2D eigenvalue weighted by molar-refractivity contribution is 9.09. The predicted octanol–water partition coefficient (Wildman–Crippen LogP) is 4.14. The number of nitrogens with zero attached hydrogens (tertiary/aromatic N) is 2. The van der Waals surface area contributed by atoms with E-state index in [2.05, 4.69) is 25.8 Å². The van der Waals surface area contributed by atoms with Gasteiger partial charge in [0.25, 0.3) is 0 Å². The molecular weight excluding hydrogens is 311 g/mol. The Labute approximate surface area is 114 Å². The lowest BCUT2D eigenvalue weighted by Crippen LogP contribution is -2.41. The molecule has 16 heavy (non-hydrogen) atoms. The number of pyridine rings is 1. The first kappa shape index (κ1) is 12.5. The highest BCUT2D eigenvalue weighted by Gasteiger charge is 2.24. The zero-order valence-electron chi connectivity index (χ0n) is 8.80. The second-order valence-corrected chi connectivity index (χ2v) is 5.45. The fraction of sp³-hybridized carbons (Fsp3) is 0.545. The van der Waals surface area contributed by atoms with Gasteiger partial charge in [-0.15, -0.1) is 0 Å². The maximum atomic E-state index is 6.18. The van der Waals surface area contributed by atoms with Gasteiger partial charge in [-0.2, -0.15) is 0 Å². The minimum Gasteiger partial charge on any atom is -0.352 e. The minimum atomic E-state index is 0.486. The van der Waals surface area contributed by atoms with E-state index in [1.165, 1.54) is 19.3 Å². The Bertz CT molecular complexity index is 373. The summed E-state index contributed by atoms with van der Waals surface area (Å²) in [5.74, 6) is 0.857. The van der Waals surface area contributed by atoms with Gasteiger partial charge in [0, 0.05) is 24.1 Å². The van der Waals surface area contributed by atoms with Crippen LogP contribution in [0.4, 0.5) is 5.82 Å². The number of halogens is 3. The van der Waals surface area contributed by atoms with Crippen molar-refractivity contribution in [3.63, 3.8) is 0 Å². The molecule has 2 nitrogen and oxygen atoms in total. The summed E-state index contributed by atoms with van der Waals surface area (Å²) >= 11 is 15.6. The average Bonchev–Trinajstić information content (AvgIpc) is 2.29. The van der Waals surface area contributed by atoms with Crippen LogP contribution in [0.15, 0.2) is 12.3 Å². The molecule has 1 fully saturated rings. The molecule has 2 heterocycles. The molecule has 1 aliphatic rings. The van der Waals surface area contributed by atoms with Crippen LogP contribution in [0.25, 0.3) is 0 Å². The fourth-order valence-corrected chi connectivity index (χ4v) is 3.22. The standard InChI is InChI=1S/C11H13BrCl2N2/c12-6-9-3-1-2-4-16(9)11-10(14)5-8(13)7-15-11/h5,7,9H,1-4,6H2. The van der Waals surface area contributed by atoms with Gasteiger partial charge in [0.1, 0.15) is 5.82 Å². The lowest BCUT2D eigenvalue weighted by molar-refractivity contribution is 0.488. The van der Waals surface area contributed by atoms with Gasteiger partial charge in [0.2, 0.25) is 0 Å². The molecule has 1 aliphatic heterocycles. The minimum absolute atomic E-state index is 0.486. The van der Waals surface area contributed by atoms with Crippen LogP contribution in [0, 0.1) is 0 Å². The van der Waals surface area contributed by atoms with Crippen LogP contribution in [-0.2, 0) is 0 Å². The third kappa shape index (κ3) is 2.63. The van der Waals surface area contributed by atoms with Crippen LogP contribution in [0.1, 0.15) is 19.3 Å². The van der Waals surface area contributed by atoms with Gasteiger partial charge >= 0.3 is 0 Å². The van der Waals surface area contributed by atoms with Crippen molar-refractivity contribution in [2.45, 2.75) is 25.3 Å². The van der Waals surface area contributed by atoms with E-state index in [4.69, 9.17) is 23.2 Å². The molecule has 1 saturated heterocycles. The van der Waals surface area contributed by atoms with Crippen LogP contribution < -0.4 is 4.90 Å². The highest BCUT2D eigenvalue weighted by atomic mass is 79.9. The average molecular weight is 324 g/mol. The number of anilines is 1. The van der Waals surface area contributed by atoms with Crippen molar-refractivity contribution < 1.29 is 0 Å². The summed E-state index contributed by atoms with van der Waals surface area (Å²) in [6, 6.07) is 2.24. The molecule has 0 bridgehead atoms. The lowest BCUT2D eigenvalue weighted by Gasteiger charge is -2.36. The van der Waals surface area contributed by atoms with Crippen molar-refractivity contribution in [1.29, 1.82) is 0 Å². The number of aromatic nitrogens is 1. The molecule has 0 aliphatic carbocycles. The fourth-order valence-electron chi connectivity index (χ4n) is 2.06. The molecule has 88 valence electrons. The van der Waals surface area contributed by atoms with Crippen molar-refractivity contribution in [3.8, 4) is 0 Å². The Hall–Kier alpha value is 0.01000. The largest absolute Gasteiger partial charge is 0.352 e. The van der Waals surface area contributed by atoms with Crippen LogP contribution in [-0.4, -0.2) is 22.9 Å². The van der Waals surface area contributed by atoms with Crippen molar-refractivity contribution in [1.82, 2.24) is 4.98 Å². The first-order chi connectivity index (χ1) is 7.72. The van der Waals surface area contributed by atoms with Gasteiger partial charge in [-0.3, -0.25) is 0 Å². The molecule has 0 spiro atoms. The van der Waals surface area contributed by atoms with Gasteiger partial charge in [0.15, 0.2) is 0 Å². The molecule has 1 unspecified atom stereocenters. The lowest BCUT2D eigenvalue weighted by atomic mass is 10.0. The molecule has 0 N–H and O–H groups in total. The van der Waals surface area contributed by atoms with Crippen molar-refractivity contribution in [2.75, 3.05) is 16.8 Å². The third-order valence-electron chi connectivity index (χ3n) is 2.87. The maximum Gasteiger partial charge on any atom is 0.147 e.